The number of ether oxygens (including phenoxy) is 1. The Bertz CT molecular complexity index is 855. The summed E-state index contributed by atoms with van der Waals surface area (Å²) in [6.07, 6.45) is 0. The van der Waals surface area contributed by atoms with Gasteiger partial charge >= 0.3 is 0 Å². The van der Waals surface area contributed by atoms with Crippen LogP contribution in [0, 0.1) is 0 Å². The van der Waals surface area contributed by atoms with Crippen molar-refractivity contribution in [3.05, 3.63) is 60.7 Å². The number of aromatic nitrogens is 2. The Balaban J connectivity index is 1.95. The third kappa shape index (κ3) is 4.72. The third-order valence-electron chi connectivity index (χ3n) is 3.64. The zero-order valence-electron chi connectivity index (χ0n) is 15.6. The lowest BCUT2D eigenvalue weighted by Gasteiger charge is -2.21. The first-order valence-corrected chi connectivity index (χ1v) is 8.57. The van der Waals surface area contributed by atoms with Crippen LogP contribution < -0.4 is 15.4 Å². The number of hydrogen-bond donors (Lipinski definition) is 2. The Morgan fingerprint density at radius 1 is 0.885 bits per heavy atom. The van der Waals surface area contributed by atoms with Gasteiger partial charge in [0.1, 0.15) is 11.6 Å². The van der Waals surface area contributed by atoms with Gasteiger partial charge in [-0.2, -0.15) is 4.98 Å². The van der Waals surface area contributed by atoms with Crippen molar-refractivity contribution in [3.63, 3.8) is 0 Å². The molecule has 0 aliphatic rings. The van der Waals surface area contributed by atoms with Crippen molar-refractivity contribution in [1.29, 1.82) is 0 Å². The summed E-state index contributed by atoms with van der Waals surface area (Å²) in [5.74, 6) is 2.14. The van der Waals surface area contributed by atoms with E-state index in [-0.39, 0.29) is 5.54 Å². The van der Waals surface area contributed by atoms with Gasteiger partial charge in [-0.3, -0.25) is 0 Å². The summed E-state index contributed by atoms with van der Waals surface area (Å²) in [6.45, 7) is 6.26. The van der Waals surface area contributed by atoms with E-state index in [0.29, 0.717) is 5.95 Å². The van der Waals surface area contributed by atoms with Gasteiger partial charge in [-0.25, -0.2) is 4.98 Å². The molecule has 5 heteroatoms. The van der Waals surface area contributed by atoms with Gasteiger partial charge in [0.25, 0.3) is 0 Å². The van der Waals surface area contributed by atoms with E-state index in [4.69, 9.17) is 4.74 Å². The molecule has 0 radical (unpaired) electrons. The van der Waals surface area contributed by atoms with E-state index in [1.165, 1.54) is 0 Å². The van der Waals surface area contributed by atoms with E-state index < -0.39 is 0 Å². The minimum atomic E-state index is -0.132. The SMILES string of the molecule is COc1ccc(Nc2cc(-c3ccccc3)nc(NC(C)(C)C)n2)cc1. The van der Waals surface area contributed by atoms with Crippen molar-refractivity contribution in [3.8, 4) is 17.0 Å². The van der Waals surface area contributed by atoms with Crippen molar-refractivity contribution in [2.75, 3.05) is 17.7 Å². The summed E-state index contributed by atoms with van der Waals surface area (Å²) in [5.41, 5.74) is 2.71. The number of benzene rings is 2. The fraction of sp³-hybridized carbons (Fsp3) is 0.238. The summed E-state index contributed by atoms with van der Waals surface area (Å²) in [5, 5.41) is 6.70. The number of anilines is 3. The average Bonchev–Trinajstić information content (AvgIpc) is 2.61. The van der Waals surface area contributed by atoms with E-state index in [1.54, 1.807) is 7.11 Å². The molecule has 0 fully saturated rings. The molecule has 3 aromatic rings. The molecular formula is C21H24N4O. The van der Waals surface area contributed by atoms with Gasteiger partial charge in [0, 0.05) is 22.9 Å². The molecule has 1 heterocycles. The highest BCUT2D eigenvalue weighted by Crippen LogP contribution is 2.25. The lowest BCUT2D eigenvalue weighted by atomic mass is 10.1. The lowest BCUT2D eigenvalue weighted by Crippen LogP contribution is -2.27. The molecule has 5 nitrogen and oxygen atoms in total. The second-order valence-corrected chi connectivity index (χ2v) is 7.06. The van der Waals surface area contributed by atoms with Crippen molar-refractivity contribution in [2.24, 2.45) is 0 Å². The maximum atomic E-state index is 5.21. The standard InChI is InChI=1S/C21H24N4O/c1-21(2,3)25-20-23-18(15-8-6-5-7-9-15)14-19(24-20)22-16-10-12-17(26-4)13-11-16/h5-14H,1-4H3,(H2,22,23,24,25). The van der Waals surface area contributed by atoms with Gasteiger partial charge in [0.2, 0.25) is 5.95 Å². The molecule has 2 N–H and O–H groups in total. The molecule has 0 unspecified atom stereocenters. The highest BCUT2D eigenvalue weighted by atomic mass is 16.5. The molecule has 0 saturated carbocycles. The van der Waals surface area contributed by atoms with Gasteiger partial charge in [0.15, 0.2) is 0 Å². The molecule has 0 saturated heterocycles. The molecule has 2 aromatic carbocycles. The minimum Gasteiger partial charge on any atom is -0.497 e. The number of methoxy groups -OCH3 is 1. The largest absolute Gasteiger partial charge is 0.497 e. The molecule has 0 bridgehead atoms. The molecule has 1 aromatic heterocycles. The zero-order chi connectivity index (χ0) is 18.6. The molecular weight excluding hydrogens is 324 g/mol. The van der Waals surface area contributed by atoms with E-state index in [2.05, 4.69) is 41.4 Å². The Morgan fingerprint density at radius 2 is 1.58 bits per heavy atom. The van der Waals surface area contributed by atoms with Crippen LogP contribution in [0.2, 0.25) is 0 Å². The van der Waals surface area contributed by atoms with Crippen LogP contribution in [0.1, 0.15) is 20.8 Å². The maximum absolute atomic E-state index is 5.21. The fourth-order valence-corrected chi connectivity index (χ4v) is 2.48. The van der Waals surface area contributed by atoms with Gasteiger partial charge in [-0.15, -0.1) is 0 Å². The molecule has 134 valence electrons. The van der Waals surface area contributed by atoms with Crippen LogP contribution in [0.15, 0.2) is 60.7 Å². The van der Waals surface area contributed by atoms with Gasteiger partial charge < -0.3 is 15.4 Å². The summed E-state index contributed by atoms with van der Waals surface area (Å²) in [4.78, 5) is 9.29. The molecule has 0 atom stereocenters. The average molecular weight is 348 g/mol. The van der Waals surface area contributed by atoms with Crippen molar-refractivity contribution in [2.45, 2.75) is 26.3 Å². The number of hydrogen-bond acceptors (Lipinski definition) is 5. The summed E-state index contributed by atoms with van der Waals surface area (Å²) in [7, 11) is 1.66. The molecule has 3 rings (SSSR count). The summed E-state index contributed by atoms with van der Waals surface area (Å²) < 4.78 is 5.21. The van der Waals surface area contributed by atoms with Crippen LogP contribution in [0.25, 0.3) is 11.3 Å². The number of nitrogens with zero attached hydrogens (tertiary/aromatic N) is 2. The van der Waals surface area contributed by atoms with Crippen molar-refractivity contribution >= 4 is 17.5 Å². The Hall–Kier alpha value is -3.08. The maximum Gasteiger partial charge on any atom is 0.225 e. The summed E-state index contributed by atoms with van der Waals surface area (Å²) >= 11 is 0. The summed E-state index contributed by atoms with van der Waals surface area (Å²) in [6, 6.07) is 19.8. The first-order valence-electron chi connectivity index (χ1n) is 8.57. The third-order valence-corrected chi connectivity index (χ3v) is 3.64. The number of rotatable bonds is 5. The minimum absolute atomic E-state index is 0.132. The predicted octanol–water partition coefficient (Wildman–Crippen LogP) is 5.11. The monoisotopic (exact) mass is 348 g/mol. The lowest BCUT2D eigenvalue weighted by molar-refractivity contribution is 0.415. The van der Waals surface area contributed by atoms with E-state index >= 15 is 0 Å². The van der Waals surface area contributed by atoms with Gasteiger partial charge in [0.05, 0.1) is 12.8 Å². The van der Waals surface area contributed by atoms with Crippen molar-refractivity contribution < 1.29 is 4.74 Å². The Labute approximate surface area is 154 Å². The molecule has 26 heavy (non-hydrogen) atoms. The quantitative estimate of drug-likeness (QED) is 0.671. The zero-order valence-corrected chi connectivity index (χ0v) is 15.6. The van der Waals surface area contributed by atoms with Gasteiger partial charge in [-0.05, 0) is 45.0 Å². The first-order chi connectivity index (χ1) is 12.4. The molecule has 0 spiro atoms. The van der Waals surface area contributed by atoms with Crippen LogP contribution in [0.3, 0.4) is 0 Å². The van der Waals surface area contributed by atoms with E-state index in [1.807, 2.05) is 60.7 Å². The second-order valence-electron chi connectivity index (χ2n) is 7.06. The van der Waals surface area contributed by atoms with Crippen LogP contribution in [0.5, 0.6) is 5.75 Å². The highest BCUT2D eigenvalue weighted by Gasteiger charge is 2.14. The van der Waals surface area contributed by atoms with Crippen LogP contribution in [-0.4, -0.2) is 22.6 Å². The smallest absolute Gasteiger partial charge is 0.225 e. The number of nitrogens with one attached hydrogen (secondary N) is 2. The topological polar surface area (TPSA) is 59.1 Å². The fourth-order valence-electron chi connectivity index (χ4n) is 2.48. The van der Waals surface area contributed by atoms with Gasteiger partial charge in [-0.1, -0.05) is 30.3 Å². The Morgan fingerprint density at radius 3 is 2.19 bits per heavy atom. The van der Waals surface area contributed by atoms with E-state index in [0.717, 1.165) is 28.5 Å². The highest BCUT2D eigenvalue weighted by molar-refractivity contribution is 5.67. The molecule has 0 aliphatic carbocycles. The van der Waals surface area contributed by atoms with E-state index in [9.17, 15) is 0 Å². The Kier molecular flexibility index (Phi) is 5.07. The second kappa shape index (κ2) is 7.44. The van der Waals surface area contributed by atoms with Crippen LogP contribution in [0.4, 0.5) is 17.5 Å². The predicted molar refractivity (Wildman–Crippen MR) is 107 cm³/mol. The van der Waals surface area contributed by atoms with Crippen LogP contribution in [-0.2, 0) is 0 Å². The first kappa shape index (κ1) is 17.7. The molecule has 0 aliphatic heterocycles. The normalized spacial score (nSPS) is 11.1. The molecule has 0 amide bonds. The van der Waals surface area contributed by atoms with Crippen LogP contribution >= 0.6 is 0 Å². The van der Waals surface area contributed by atoms with Crippen molar-refractivity contribution in [1.82, 2.24) is 9.97 Å².